The topological polar surface area (TPSA) is 146 Å². The fourth-order valence-electron chi connectivity index (χ4n) is 1.97. The van der Waals surface area contributed by atoms with Gasteiger partial charge in [0.25, 0.3) is 11.6 Å². The largest absolute Gasteiger partial charge is 0.493 e. The molecule has 1 aromatic carbocycles. The highest BCUT2D eigenvalue weighted by Crippen LogP contribution is 2.34. The molecule has 3 amide bonds. The normalized spacial score (nSPS) is 11.3. The number of carbonyl (C=O) groups excluding carboxylic acids is 3. The lowest BCUT2D eigenvalue weighted by Crippen LogP contribution is -2.46. The molecule has 1 unspecified atom stereocenters. The lowest BCUT2D eigenvalue weighted by atomic mass is 10.1. The van der Waals surface area contributed by atoms with Gasteiger partial charge in [-0.1, -0.05) is 0 Å². The Bertz CT molecular complexity index is 747. The third-order valence-corrected chi connectivity index (χ3v) is 3.23. The van der Waals surface area contributed by atoms with Crippen LogP contribution in [0.25, 0.3) is 0 Å². The zero-order chi connectivity index (χ0) is 20.7. The van der Waals surface area contributed by atoms with Crippen molar-refractivity contribution < 1.29 is 33.5 Å². The summed E-state index contributed by atoms with van der Waals surface area (Å²) in [7, 11) is 2.58. The maximum atomic E-state index is 12.3. The summed E-state index contributed by atoms with van der Waals surface area (Å²) in [6.07, 6.45) is -1.37. The van der Waals surface area contributed by atoms with Crippen molar-refractivity contribution in [3.8, 4) is 11.5 Å². The van der Waals surface area contributed by atoms with Gasteiger partial charge in [0.05, 0.1) is 25.2 Å². The van der Waals surface area contributed by atoms with Gasteiger partial charge in [-0.25, -0.2) is 9.59 Å². The molecule has 0 aliphatic carbocycles. The van der Waals surface area contributed by atoms with Crippen molar-refractivity contribution in [2.45, 2.75) is 32.9 Å². The number of nitrogens with zero attached hydrogens (tertiary/aromatic N) is 1. The minimum absolute atomic E-state index is 0.0527. The van der Waals surface area contributed by atoms with E-state index in [1.165, 1.54) is 21.1 Å². The number of carbonyl (C=O) groups is 3. The van der Waals surface area contributed by atoms with E-state index < -0.39 is 40.2 Å². The Labute approximate surface area is 155 Å². The predicted molar refractivity (Wildman–Crippen MR) is 92.9 cm³/mol. The Balaban J connectivity index is 3.00. The Morgan fingerprint density at radius 3 is 2.11 bits per heavy atom. The zero-order valence-corrected chi connectivity index (χ0v) is 15.5. The van der Waals surface area contributed by atoms with Crippen LogP contribution in [0.5, 0.6) is 11.5 Å². The van der Waals surface area contributed by atoms with Crippen LogP contribution < -0.4 is 20.1 Å². The summed E-state index contributed by atoms with van der Waals surface area (Å²) in [5.41, 5.74) is -1.01. The second kappa shape index (κ2) is 9.36. The van der Waals surface area contributed by atoms with Crippen molar-refractivity contribution in [1.29, 1.82) is 0 Å². The number of ether oxygens (including phenoxy) is 3. The Hall–Kier alpha value is -3.37. The van der Waals surface area contributed by atoms with Crippen molar-refractivity contribution >= 4 is 23.6 Å². The molecule has 0 heterocycles. The molecule has 0 aromatic heterocycles. The first-order valence-electron chi connectivity index (χ1n) is 7.83. The minimum Gasteiger partial charge on any atom is -0.493 e. The number of nitro groups is 1. The number of esters is 1. The number of methoxy groups -OCH3 is 2. The average molecular weight is 383 g/mol. The Kier molecular flexibility index (Phi) is 7.51. The Morgan fingerprint density at radius 1 is 1.07 bits per heavy atom. The highest BCUT2D eigenvalue weighted by Gasteiger charge is 2.28. The highest BCUT2D eigenvalue weighted by molar-refractivity contribution is 6.00. The summed E-state index contributed by atoms with van der Waals surface area (Å²) in [6.45, 7) is 4.62. The molecular weight excluding hydrogens is 362 g/mol. The van der Waals surface area contributed by atoms with E-state index in [1.54, 1.807) is 13.8 Å². The number of benzene rings is 1. The molecule has 0 aliphatic rings. The van der Waals surface area contributed by atoms with E-state index in [-0.39, 0.29) is 17.5 Å². The fraction of sp³-hybridized carbons (Fsp3) is 0.438. The molecule has 0 saturated heterocycles. The number of nitrogens with one attached hydrogen (secondary N) is 2. The second-order valence-corrected chi connectivity index (χ2v) is 5.65. The van der Waals surface area contributed by atoms with Crippen LogP contribution in [-0.2, 0) is 9.53 Å². The van der Waals surface area contributed by atoms with E-state index in [1.807, 2.05) is 5.32 Å². The summed E-state index contributed by atoms with van der Waals surface area (Å²) in [4.78, 5) is 46.2. The van der Waals surface area contributed by atoms with E-state index in [2.05, 4.69) is 5.32 Å². The highest BCUT2D eigenvalue weighted by atomic mass is 16.6. The van der Waals surface area contributed by atoms with E-state index in [4.69, 9.17) is 14.2 Å². The molecule has 1 rings (SSSR count). The van der Waals surface area contributed by atoms with Crippen LogP contribution in [0.4, 0.5) is 10.5 Å². The van der Waals surface area contributed by atoms with Gasteiger partial charge < -0.3 is 19.5 Å². The molecule has 0 radical (unpaired) electrons. The molecule has 1 aromatic rings. The monoisotopic (exact) mass is 383 g/mol. The summed E-state index contributed by atoms with van der Waals surface area (Å²) in [6, 6.07) is 1.13. The number of hydrogen-bond donors (Lipinski definition) is 2. The molecule has 11 heteroatoms. The number of nitro benzene ring substituents is 1. The maximum absolute atomic E-state index is 12.3. The molecule has 1 atom stereocenters. The first kappa shape index (κ1) is 21.7. The lowest BCUT2D eigenvalue weighted by molar-refractivity contribution is -0.385. The van der Waals surface area contributed by atoms with Crippen LogP contribution in [0.1, 0.15) is 31.1 Å². The number of imide groups is 1. The molecule has 0 fully saturated rings. The van der Waals surface area contributed by atoms with Crippen molar-refractivity contribution in [3.63, 3.8) is 0 Å². The first-order chi connectivity index (χ1) is 12.6. The van der Waals surface area contributed by atoms with Gasteiger partial charge in [-0.05, 0) is 20.8 Å². The van der Waals surface area contributed by atoms with Crippen molar-refractivity contribution in [1.82, 2.24) is 10.6 Å². The number of urea groups is 1. The third kappa shape index (κ3) is 5.83. The van der Waals surface area contributed by atoms with E-state index in [9.17, 15) is 24.5 Å². The van der Waals surface area contributed by atoms with E-state index >= 15 is 0 Å². The van der Waals surface area contributed by atoms with Gasteiger partial charge in [-0.15, -0.1) is 0 Å². The first-order valence-corrected chi connectivity index (χ1v) is 7.83. The fourth-order valence-corrected chi connectivity index (χ4v) is 1.97. The molecule has 0 spiro atoms. The van der Waals surface area contributed by atoms with Gasteiger partial charge in [0.1, 0.15) is 5.56 Å². The van der Waals surface area contributed by atoms with Crippen molar-refractivity contribution in [2.24, 2.45) is 0 Å². The van der Waals surface area contributed by atoms with Gasteiger partial charge in [0.2, 0.25) is 0 Å². The molecule has 148 valence electrons. The Morgan fingerprint density at radius 2 is 1.63 bits per heavy atom. The number of rotatable bonds is 7. The van der Waals surface area contributed by atoms with Crippen LogP contribution in [0.3, 0.4) is 0 Å². The molecule has 0 bridgehead atoms. The van der Waals surface area contributed by atoms with Crippen molar-refractivity contribution in [2.75, 3.05) is 14.2 Å². The molecule has 11 nitrogen and oxygen atoms in total. The smallest absolute Gasteiger partial charge is 0.346 e. The minimum atomic E-state index is -1.37. The third-order valence-electron chi connectivity index (χ3n) is 3.23. The van der Waals surface area contributed by atoms with Gasteiger partial charge in [-0.2, -0.15) is 0 Å². The number of hydrogen-bond acceptors (Lipinski definition) is 8. The SMILES string of the molecule is COc1cc(C(=O)OC(C)C(=O)NC(=O)NC(C)C)c([N+](=O)[O-])cc1OC. The molecule has 0 aliphatic heterocycles. The summed E-state index contributed by atoms with van der Waals surface area (Å²) in [5.74, 6) is -1.89. The average Bonchev–Trinajstić information content (AvgIpc) is 2.59. The van der Waals surface area contributed by atoms with Crippen LogP contribution in [0, 0.1) is 10.1 Å². The van der Waals surface area contributed by atoms with Gasteiger partial charge >= 0.3 is 12.0 Å². The summed E-state index contributed by atoms with van der Waals surface area (Å²) in [5, 5.41) is 15.7. The van der Waals surface area contributed by atoms with Gasteiger partial charge in [0, 0.05) is 12.1 Å². The van der Waals surface area contributed by atoms with Crippen LogP contribution in [0.15, 0.2) is 12.1 Å². The van der Waals surface area contributed by atoms with Gasteiger partial charge in [0.15, 0.2) is 17.6 Å². The summed E-state index contributed by atoms with van der Waals surface area (Å²) >= 11 is 0. The van der Waals surface area contributed by atoms with Crippen LogP contribution >= 0.6 is 0 Å². The molecule has 27 heavy (non-hydrogen) atoms. The number of amides is 3. The van der Waals surface area contributed by atoms with E-state index in [0.29, 0.717) is 0 Å². The standard InChI is InChI=1S/C16H21N3O8/c1-8(2)17-16(22)18-14(20)9(3)27-15(21)10-6-12(25-4)13(26-5)7-11(10)19(23)24/h6-9H,1-5H3,(H2,17,18,20,22). The molecular formula is C16H21N3O8. The van der Waals surface area contributed by atoms with Crippen LogP contribution in [-0.4, -0.2) is 49.2 Å². The molecule has 0 saturated carbocycles. The molecule has 2 N–H and O–H groups in total. The quantitative estimate of drug-likeness (QED) is 0.408. The zero-order valence-electron chi connectivity index (χ0n) is 15.5. The van der Waals surface area contributed by atoms with Crippen LogP contribution in [0.2, 0.25) is 0 Å². The van der Waals surface area contributed by atoms with E-state index in [0.717, 1.165) is 12.1 Å². The second-order valence-electron chi connectivity index (χ2n) is 5.65. The predicted octanol–water partition coefficient (Wildman–Crippen LogP) is 1.39. The van der Waals surface area contributed by atoms with Gasteiger partial charge in [-0.3, -0.25) is 20.2 Å². The lowest BCUT2D eigenvalue weighted by Gasteiger charge is -2.15. The van der Waals surface area contributed by atoms with Crippen molar-refractivity contribution in [3.05, 3.63) is 27.8 Å². The maximum Gasteiger partial charge on any atom is 0.346 e. The summed E-state index contributed by atoms with van der Waals surface area (Å²) < 4.78 is 14.9.